The fourth-order valence-electron chi connectivity index (χ4n) is 3.95. The Morgan fingerprint density at radius 2 is 1.86 bits per heavy atom. The van der Waals surface area contributed by atoms with E-state index in [0.29, 0.717) is 17.0 Å². The second kappa shape index (κ2) is 7.51. The minimum Gasteiger partial charge on any atom is -0.480 e. The van der Waals surface area contributed by atoms with Crippen molar-refractivity contribution in [3.63, 3.8) is 0 Å². The third-order valence-electron chi connectivity index (χ3n) is 5.43. The summed E-state index contributed by atoms with van der Waals surface area (Å²) in [6.07, 6.45) is 0. The molecule has 0 saturated carbocycles. The summed E-state index contributed by atoms with van der Waals surface area (Å²) < 4.78 is 33.0. The number of ether oxygens (including phenoxy) is 1. The molecule has 1 fully saturated rings. The zero-order valence-electron chi connectivity index (χ0n) is 16.7. The number of benzene rings is 2. The fraction of sp³-hybridized carbons (Fsp3) is 0.429. The van der Waals surface area contributed by atoms with Crippen molar-refractivity contribution in [1.29, 1.82) is 0 Å². The molecule has 156 valence electrons. The van der Waals surface area contributed by atoms with E-state index < -0.39 is 20.8 Å². The van der Waals surface area contributed by atoms with E-state index in [4.69, 9.17) is 4.74 Å². The van der Waals surface area contributed by atoms with Crippen molar-refractivity contribution in [2.75, 3.05) is 36.4 Å². The van der Waals surface area contributed by atoms with E-state index in [1.54, 1.807) is 50.2 Å². The van der Waals surface area contributed by atoms with Gasteiger partial charge in [-0.25, -0.2) is 8.42 Å². The summed E-state index contributed by atoms with van der Waals surface area (Å²) in [7, 11) is -3.69. The summed E-state index contributed by atoms with van der Waals surface area (Å²) in [5.74, 6) is 0.633. The first-order valence-electron chi connectivity index (χ1n) is 9.81. The number of piperazine rings is 1. The number of aliphatic hydroxyl groups excluding tert-OH is 1. The van der Waals surface area contributed by atoms with Gasteiger partial charge in [-0.2, -0.15) is 0 Å². The molecule has 1 unspecified atom stereocenters. The van der Waals surface area contributed by atoms with Crippen molar-refractivity contribution in [2.24, 2.45) is 0 Å². The first-order valence-corrected chi connectivity index (χ1v) is 11.4. The van der Waals surface area contributed by atoms with Crippen molar-refractivity contribution in [3.05, 3.63) is 48.0 Å². The molecular formula is C21H27N3O4S. The van der Waals surface area contributed by atoms with Gasteiger partial charge in [-0.15, -0.1) is 0 Å². The summed E-state index contributed by atoms with van der Waals surface area (Å²) in [4.78, 5) is 2.46. The molecule has 2 aromatic carbocycles. The standard InChI is InChI=1S/C21H27N3O4S/c1-21(2)20(29(26,27)16-6-4-3-5-7-16)23-17-12-15(14-25)13-18(19(17)28-21)24-10-8-22-9-11-24/h3-7,12-13,20,22-23,25H,8-11,14H2,1-2H3. The Morgan fingerprint density at radius 1 is 1.17 bits per heavy atom. The van der Waals surface area contributed by atoms with E-state index in [2.05, 4.69) is 15.5 Å². The van der Waals surface area contributed by atoms with Crippen LogP contribution in [0, 0.1) is 0 Å². The highest BCUT2D eigenvalue weighted by atomic mass is 32.2. The van der Waals surface area contributed by atoms with Crippen LogP contribution >= 0.6 is 0 Å². The molecule has 1 atom stereocenters. The number of nitrogens with one attached hydrogen (secondary N) is 2. The Balaban J connectivity index is 1.78. The summed E-state index contributed by atoms with van der Waals surface area (Å²) in [5, 5.41) is 15.3. The number of aliphatic hydroxyl groups is 1. The van der Waals surface area contributed by atoms with Crippen LogP contribution in [0.15, 0.2) is 47.4 Å². The van der Waals surface area contributed by atoms with E-state index in [-0.39, 0.29) is 11.5 Å². The van der Waals surface area contributed by atoms with Gasteiger partial charge in [0, 0.05) is 26.2 Å². The van der Waals surface area contributed by atoms with Crippen molar-refractivity contribution >= 4 is 21.2 Å². The first-order chi connectivity index (χ1) is 13.8. The Bertz CT molecular complexity index is 986. The van der Waals surface area contributed by atoms with E-state index in [0.717, 1.165) is 31.9 Å². The lowest BCUT2D eigenvalue weighted by Crippen LogP contribution is -2.54. The average Bonchev–Trinajstić information content (AvgIpc) is 2.73. The number of fused-ring (bicyclic) bond motifs is 1. The van der Waals surface area contributed by atoms with Gasteiger partial charge in [0.15, 0.2) is 11.1 Å². The number of sulfone groups is 1. The smallest absolute Gasteiger partial charge is 0.203 e. The van der Waals surface area contributed by atoms with Gasteiger partial charge >= 0.3 is 0 Å². The van der Waals surface area contributed by atoms with Crippen LogP contribution in [-0.2, 0) is 16.4 Å². The Kier molecular flexibility index (Phi) is 5.18. The van der Waals surface area contributed by atoms with Gasteiger partial charge in [0.05, 0.1) is 22.9 Å². The van der Waals surface area contributed by atoms with Crippen LogP contribution in [0.1, 0.15) is 19.4 Å². The van der Waals surface area contributed by atoms with Crippen LogP contribution in [0.25, 0.3) is 0 Å². The van der Waals surface area contributed by atoms with E-state index in [1.807, 2.05) is 6.07 Å². The lowest BCUT2D eigenvalue weighted by molar-refractivity contribution is 0.103. The minimum absolute atomic E-state index is 0.131. The molecule has 0 aliphatic carbocycles. The molecule has 0 bridgehead atoms. The van der Waals surface area contributed by atoms with Crippen LogP contribution in [-0.4, -0.2) is 50.7 Å². The summed E-state index contributed by atoms with van der Waals surface area (Å²) >= 11 is 0. The highest BCUT2D eigenvalue weighted by Crippen LogP contribution is 2.46. The van der Waals surface area contributed by atoms with Crippen LogP contribution in [0.5, 0.6) is 5.75 Å². The molecule has 2 aliphatic heterocycles. The summed E-state index contributed by atoms with van der Waals surface area (Å²) in [5.41, 5.74) is 1.19. The van der Waals surface area contributed by atoms with Crippen molar-refractivity contribution < 1.29 is 18.3 Å². The number of hydrogen-bond donors (Lipinski definition) is 3. The SMILES string of the molecule is CC1(C)Oc2c(cc(CO)cc2N2CCNCC2)NC1S(=O)(=O)c1ccccc1. The molecule has 2 heterocycles. The third kappa shape index (κ3) is 3.68. The van der Waals surface area contributed by atoms with Gasteiger partial charge in [0.25, 0.3) is 0 Å². The normalized spacial score (nSPS) is 21.1. The lowest BCUT2D eigenvalue weighted by atomic mass is 10.0. The zero-order chi connectivity index (χ0) is 20.6. The molecule has 8 heteroatoms. The van der Waals surface area contributed by atoms with Gasteiger partial charge in [0.2, 0.25) is 9.84 Å². The van der Waals surface area contributed by atoms with Gasteiger partial charge in [-0.05, 0) is 43.7 Å². The average molecular weight is 418 g/mol. The number of anilines is 2. The van der Waals surface area contributed by atoms with Gasteiger partial charge in [-0.1, -0.05) is 18.2 Å². The Hall–Kier alpha value is -2.29. The highest BCUT2D eigenvalue weighted by molar-refractivity contribution is 7.92. The molecule has 3 N–H and O–H groups in total. The monoisotopic (exact) mass is 417 g/mol. The maximum absolute atomic E-state index is 13.3. The van der Waals surface area contributed by atoms with Crippen LogP contribution in [0.4, 0.5) is 11.4 Å². The number of hydrogen-bond acceptors (Lipinski definition) is 7. The fourth-order valence-corrected chi connectivity index (χ4v) is 5.83. The molecule has 2 aromatic rings. The molecule has 0 spiro atoms. The van der Waals surface area contributed by atoms with Crippen molar-refractivity contribution in [2.45, 2.75) is 36.3 Å². The number of nitrogens with zero attached hydrogens (tertiary/aromatic N) is 1. The van der Waals surface area contributed by atoms with Gasteiger partial charge in [0.1, 0.15) is 5.60 Å². The van der Waals surface area contributed by atoms with Crippen LogP contribution in [0.3, 0.4) is 0 Å². The second-order valence-corrected chi connectivity index (χ2v) is 10.0. The Labute approximate surface area is 171 Å². The third-order valence-corrected chi connectivity index (χ3v) is 7.67. The molecule has 7 nitrogen and oxygen atoms in total. The molecular weight excluding hydrogens is 390 g/mol. The van der Waals surface area contributed by atoms with E-state index >= 15 is 0 Å². The molecule has 0 amide bonds. The Morgan fingerprint density at radius 3 is 2.52 bits per heavy atom. The van der Waals surface area contributed by atoms with Gasteiger partial charge in [-0.3, -0.25) is 0 Å². The molecule has 4 rings (SSSR count). The molecule has 1 saturated heterocycles. The van der Waals surface area contributed by atoms with Crippen molar-refractivity contribution in [3.8, 4) is 5.75 Å². The van der Waals surface area contributed by atoms with Crippen molar-refractivity contribution in [1.82, 2.24) is 5.32 Å². The maximum atomic E-state index is 13.3. The number of rotatable bonds is 4. The largest absolute Gasteiger partial charge is 0.480 e. The van der Waals surface area contributed by atoms with Crippen LogP contribution < -0.4 is 20.3 Å². The first kappa shape index (κ1) is 20.0. The summed E-state index contributed by atoms with van der Waals surface area (Å²) in [6.45, 7) is 6.80. The van der Waals surface area contributed by atoms with E-state index in [9.17, 15) is 13.5 Å². The van der Waals surface area contributed by atoms with Gasteiger partial charge < -0.3 is 25.4 Å². The van der Waals surface area contributed by atoms with E-state index in [1.165, 1.54) is 0 Å². The minimum atomic E-state index is -3.69. The topological polar surface area (TPSA) is 90.9 Å². The highest BCUT2D eigenvalue weighted by Gasteiger charge is 2.46. The van der Waals surface area contributed by atoms with Crippen LogP contribution in [0.2, 0.25) is 0 Å². The maximum Gasteiger partial charge on any atom is 0.203 e. The molecule has 2 aliphatic rings. The second-order valence-electron chi connectivity index (χ2n) is 7.97. The quantitative estimate of drug-likeness (QED) is 0.701. The predicted molar refractivity (Wildman–Crippen MR) is 113 cm³/mol. The molecule has 29 heavy (non-hydrogen) atoms. The lowest BCUT2D eigenvalue weighted by Gasteiger charge is -2.42. The summed E-state index contributed by atoms with van der Waals surface area (Å²) in [6, 6.07) is 12.1. The molecule has 0 aromatic heterocycles. The zero-order valence-corrected chi connectivity index (χ0v) is 17.5. The molecule has 0 radical (unpaired) electrons. The predicted octanol–water partition coefficient (Wildman–Crippen LogP) is 1.97.